The van der Waals surface area contributed by atoms with Crippen LogP contribution in [0.3, 0.4) is 0 Å². The minimum atomic E-state index is -0.0963. The molecule has 0 atom stereocenters. The SMILES string of the molecule is OCc1nc2sc(-c3ccccc3)nn2c1-c1ccccc1. The highest BCUT2D eigenvalue weighted by atomic mass is 32.1. The zero-order valence-corrected chi connectivity index (χ0v) is 12.5. The quantitative estimate of drug-likeness (QED) is 0.629. The molecule has 0 aliphatic rings. The van der Waals surface area contributed by atoms with Gasteiger partial charge in [0.05, 0.1) is 18.0 Å². The van der Waals surface area contributed by atoms with Crippen molar-refractivity contribution in [1.29, 1.82) is 0 Å². The predicted octanol–water partition coefficient (Wildman–Crippen LogP) is 3.62. The first kappa shape index (κ1) is 13.2. The zero-order valence-electron chi connectivity index (χ0n) is 11.7. The molecule has 1 N–H and O–H groups in total. The number of fused-ring (bicyclic) bond motifs is 1. The molecule has 4 aromatic rings. The Bertz CT molecular complexity index is 913. The van der Waals surface area contributed by atoms with Gasteiger partial charge in [0, 0.05) is 11.1 Å². The number of hydrogen-bond acceptors (Lipinski definition) is 4. The second-order valence-corrected chi connectivity index (χ2v) is 5.85. The Morgan fingerprint density at radius 2 is 1.55 bits per heavy atom. The third kappa shape index (κ3) is 2.11. The molecule has 22 heavy (non-hydrogen) atoms. The molecule has 0 saturated heterocycles. The van der Waals surface area contributed by atoms with Crippen LogP contribution in [0.1, 0.15) is 5.69 Å². The third-order valence-corrected chi connectivity index (χ3v) is 4.45. The molecule has 108 valence electrons. The Hall–Kier alpha value is -2.50. The van der Waals surface area contributed by atoms with Gasteiger partial charge in [0.2, 0.25) is 4.96 Å². The Morgan fingerprint density at radius 3 is 2.18 bits per heavy atom. The number of aliphatic hydroxyl groups excluding tert-OH is 1. The second-order valence-electron chi connectivity index (χ2n) is 4.90. The highest BCUT2D eigenvalue weighted by Crippen LogP contribution is 2.31. The molecule has 2 heterocycles. The Kier molecular flexibility index (Phi) is 3.21. The zero-order chi connectivity index (χ0) is 14.9. The Labute approximate surface area is 131 Å². The van der Waals surface area contributed by atoms with Crippen LogP contribution >= 0.6 is 11.3 Å². The number of hydrogen-bond donors (Lipinski definition) is 1. The van der Waals surface area contributed by atoms with Crippen molar-refractivity contribution in [2.45, 2.75) is 6.61 Å². The summed E-state index contributed by atoms with van der Waals surface area (Å²) in [6.07, 6.45) is 0. The average Bonchev–Trinajstić information content (AvgIpc) is 3.13. The van der Waals surface area contributed by atoms with Crippen molar-refractivity contribution in [2.24, 2.45) is 0 Å². The summed E-state index contributed by atoms with van der Waals surface area (Å²) in [6, 6.07) is 20.0. The van der Waals surface area contributed by atoms with Crippen LogP contribution < -0.4 is 0 Å². The van der Waals surface area contributed by atoms with Crippen LogP contribution in [-0.2, 0) is 6.61 Å². The van der Waals surface area contributed by atoms with Crippen LogP contribution in [0.5, 0.6) is 0 Å². The van der Waals surface area contributed by atoms with E-state index in [1.807, 2.05) is 65.2 Å². The van der Waals surface area contributed by atoms with Crippen molar-refractivity contribution in [3.8, 4) is 21.8 Å². The average molecular weight is 307 g/mol. The summed E-state index contributed by atoms with van der Waals surface area (Å²) in [5.74, 6) is 0. The summed E-state index contributed by atoms with van der Waals surface area (Å²) in [5, 5.41) is 15.2. The van der Waals surface area contributed by atoms with Crippen molar-refractivity contribution in [3.63, 3.8) is 0 Å². The lowest BCUT2D eigenvalue weighted by Crippen LogP contribution is -1.93. The van der Waals surface area contributed by atoms with Gasteiger partial charge in [0.25, 0.3) is 0 Å². The van der Waals surface area contributed by atoms with Crippen LogP contribution in [0.4, 0.5) is 0 Å². The number of aliphatic hydroxyl groups is 1. The maximum Gasteiger partial charge on any atom is 0.213 e. The first-order valence-electron chi connectivity index (χ1n) is 6.97. The maximum atomic E-state index is 9.59. The van der Waals surface area contributed by atoms with E-state index in [2.05, 4.69) is 10.1 Å². The van der Waals surface area contributed by atoms with E-state index in [9.17, 15) is 5.11 Å². The lowest BCUT2D eigenvalue weighted by atomic mass is 10.1. The van der Waals surface area contributed by atoms with Crippen molar-refractivity contribution in [1.82, 2.24) is 14.6 Å². The minimum Gasteiger partial charge on any atom is -0.390 e. The van der Waals surface area contributed by atoms with Gasteiger partial charge in [-0.1, -0.05) is 72.0 Å². The van der Waals surface area contributed by atoms with E-state index >= 15 is 0 Å². The number of nitrogens with zero attached hydrogens (tertiary/aromatic N) is 3. The molecule has 0 aliphatic heterocycles. The van der Waals surface area contributed by atoms with E-state index in [0.717, 1.165) is 26.8 Å². The third-order valence-electron chi connectivity index (χ3n) is 3.49. The summed E-state index contributed by atoms with van der Waals surface area (Å²) < 4.78 is 1.83. The smallest absolute Gasteiger partial charge is 0.213 e. The predicted molar refractivity (Wildman–Crippen MR) is 87.7 cm³/mol. The van der Waals surface area contributed by atoms with Gasteiger partial charge in [-0.15, -0.1) is 0 Å². The van der Waals surface area contributed by atoms with Gasteiger partial charge in [-0.05, 0) is 0 Å². The summed E-state index contributed by atoms with van der Waals surface area (Å²) >= 11 is 1.53. The maximum absolute atomic E-state index is 9.59. The summed E-state index contributed by atoms with van der Waals surface area (Å²) in [4.78, 5) is 5.32. The molecule has 0 amide bonds. The van der Waals surface area contributed by atoms with Crippen LogP contribution in [0.25, 0.3) is 26.8 Å². The van der Waals surface area contributed by atoms with Gasteiger partial charge >= 0.3 is 0 Å². The molecule has 4 nitrogen and oxygen atoms in total. The fourth-order valence-electron chi connectivity index (χ4n) is 2.48. The topological polar surface area (TPSA) is 50.4 Å². The molecule has 0 saturated carbocycles. The van der Waals surface area contributed by atoms with Gasteiger partial charge in [0.1, 0.15) is 5.01 Å². The first-order valence-corrected chi connectivity index (χ1v) is 7.78. The molecule has 0 radical (unpaired) electrons. The largest absolute Gasteiger partial charge is 0.390 e. The Balaban J connectivity index is 1.93. The molecular formula is C17H13N3OS. The van der Waals surface area contributed by atoms with Gasteiger partial charge in [-0.2, -0.15) is 5.10 Å². The molecule has 0 spiro atoms. The van der Waals surface area contributed by atoms with E-state index in [1.54, 1.807) is 0 Å². The molecular weight excluding hydrogens is 294 g/mol. The number of rotatable bonds is 3. The van der Waals surface area contributed by atoms with E-state index in [4.69, 9.17) is 0 Å². The minimum absolute atomic E-state index is 0.0963. The van der Waals surface area contributed by atoms with Crippen molar-refractivity contribution < 1.29 is 5.11 Å². The summed E-state index contributed by atoms with van der Waals surface area (Å²) in [6.45, 7) is -0.0963. The lowest BCUT2D eigenvalue weighted by Gasteiger charge is -2.01. The van der Waals surface area contributed by atoms with Crippen molar-refractivity contribution >= 4 is 16.3 Å². The van der Waals surface area contributed by atoms with E-state index < -0.39 is 0 Å². The van der Waals surface area contributed by atoms with Crippen LogP contribution in [0, 0.1) is 0 Å². The summed E-state index contributed by atoms with van der Waals surface area (Å²) in [5.41, 5.74) is 3.59. The molecule has 2 aromatic heterocycles. The van der Waals surface area contributed by atoms with Crippen molar-refractivity contribution in [2.75, 3.05) is 0 Å². The number of aromatic nitrogens is 3. The standard InChI is InChI=1S/C17H13N3OS/c21-11-14-15(12-7-3-1-4-8-12)20-17(18-14)22-16(19-20)13-9-5-2-6-10-13/h1-10,21H,11H2. The van der Waals surface area contributed by atoms with Gasteiger partial charge in [0.15, 0.2) is 0 Å². The fourth-order valence-corrected chi connectivity index (χ4v) is 3.41. The highest BCUT2D eigenvalue weighted by molar-refractivity contribution is 7.19. The normalized spacial score (nSPS) is 11.1. The first-order chi connectivity index (χ1) is 10.9. The monoisotopic (exact) mass is 307 g/mol. The molecule has 0 fully saturated rings. The fraction of sp³-hybridized carbons (Fsp3) is 0.0588. The molecule has 0 unspecified atom stereocenters. The molecule has 0 aliphatic carbocycles. The molecule has 4 rings (SSSR count). The van der Waals surface area contributed by atoms with Crippen LogP contribution in [-0.4, -0.2) is 19.7 Å². The van der Waals surface area contributed by atoms with Crippen LogP contribution in [0.15, 0.2) is 60.7 Å². The number of imidazole rings is 1. The van der Waals surface area contributed by atoms with E-state index in [1.165, 1.54) is 11.3 Å². The molecule has 0 bridgehead atoms. The van der Waals surface area contributed by atoms with Gasteiger partial charge in [-0.25, -0.2) is 9.50 Å². The highest BCUT2D eigenvalue weighted by Gasteiger charge is 2.17. The Morgan fingerprint density at radius 1 is 0.909 bits per heavy atom. The van der Waals surface area contributed by atoms with E-state index in [0.29, 0.717) is 5.69 Å². The van der Waals surface area contributed by atoms with Gasteiger partial charge in [-0.3, -0.25) is 0 Å². The number of benzene rings is 2. The van der Waals surface area contributed by atoms with Crippen molar-refractivity contribution in [3.05, 3.63) is 66.4 Å². The second kappa shape index (κ2) is 5.36. The van der Waals surface area contributed by atoms with Gasteiger partial charge < -0.3 is 5.11 Å². The van der Waals surface area contributed by atoms with E-state index in [-0.39, 0.29) is 6.61 Å². The lowest BCUT2D eigenvalue weighted by molar-refractivity contribution is 0.278. The molecule has 2 aromatic carbocycles. The van der Waals surface area contributed by atoms with Crippen LogP contribution in [0.2, 0.25) is 0 Å². The molecule has 5 heteroatoms. The summed E-state index contributed by atoms with van der Waals surface area (Å²) in [7, 11) is 0.